The monoisotopic (exact) mass is 317 g/mol. The summed E-state index contributed by atoms with van der Waals surface area (Å²) in [7, 11) is 0. The van der Waals surface area contributed by atoms with Crippen LogP contribution in [0.3, 0.4) is 0 Å². The summed E-state index contributed by atoms with van der Waals surface area (Å²) in [5.41, 5.74) is 0.850. The lowest BCUT2D eigenvalue weighted by Gasteiger charge is -2.50. The first-order valence-corrected chi connectivity index (χ1v) is 8.75. The number of aliphatic hydroxyl groups excluding tert-OH is 1. The maximum atomic E-state index is 12.7. The summed E-state index contributed by atoms with van der Waals surface area (Å²) in [6, 6.07) is 10.4. The number of esters is 1. The molecule has 1 saturated carbocycles. The zero-order valence-corrected chi connectivity index (χ0v) is 13.9. The van der Waals surface area contributed by atoms with Crippen LogP contribution in [0.15, 0.2) is 30.3 Å². The predicted molar refractivity (Wildman–Crippen MR) is 88.7 cm³/mol. The zero-order valence-electron chi connectivity index (χ0n) is 13.9. The lowest BCUT2D eigenvalue weighted by molar-refractivity contribution is -0.170. The van der Waals surface area contributed by atoms with E-state index in [0.29, 0.717) is 13.0 Å². The van der Waals surface area contributed by atoms with Crippen molar-refractivity contribution in [2.45, 2.75) is 45.3 Å². The third-order valence-electron chi connectivity index (χ3n) is 5.49. The van der Waals surface area contributed by atoms with Gasteiger partial charge in [-0.1, -0.05) is 30.3 Å². The number of carbonyl (C=O) groups excluding carboxylic acids is 1. The van der Waals surface area contributed by atoms with Crippen molar-refractivity contribution < 1.29 is 14.6 Å². The summed E-state index contributed by atoms with van der Waals surface area (Å²) in [5, 5.41) is 10.0. The summed E-state index contributed by atoms with van der Waals surface area (Å²) in [4.78, 5) is 15.1. The van der Waals surface area contributed by atoms with Gasteiger partial charge in [0, 0.05) is 13.1 Å². The Labute approximate surface area is 138 Å². The lowest BCUT2D eigenvalue weighted by atomic mass is 9.62. The fourth-order valence-corrected chi connectivity index (χ4v) is 4.30. The van der Waals surface area contributed by atoms with E-state index in [2.05, 4.69) is 29.2 Å². The van der Waals surface area contributed by atoms with Gasteiger partial charge in [-0.15, -0.1) is 0 Å². The SMILES string of the molecule is CCOC(=O)[C@]12CC[C@H](O)C[C@@H]1CCN(Cc1ccccc1)C2. The van der Waals surface area contributed by atoms with Crippen molar-refractivity contribution in [1.82, 2.24) is 4.90 Å². The predicted octanol–water partition coefficient (Wildman–Crippen LogP) is 2.60. The Morgan fingerprint density at radius 1 is 1.35 bits per heavy atom. The molecule has 4 heteroatoms. The van der Waals surface area contributed by atoms with Crippen LogP contribution in [0.5, 0.6) is 0 Å². The van der Waals surface area contributed by atoms with Crippen molar-refractivity contribution >= 4 is 5.97 Å². The second kappa shape index (κ2) is 7.02. The molecule has 126 valence electrons. The van der Waals surface area contributed by atoms with E-state index in [1.165, 1.54) is 5.56 Å². The standard InChI is InChI=1S/C19H27NO3/c1-2-23-18(22)19-10-8-17(21)12-16(19)9-11-20(14-19)13-15-6-4-3-5-7-15/h3-7,16-17,21H,2,8-14H2,1H3/t16-,17-,19-/m0/s1. The van der Waals surface area contributed by atoms with Crippen molar-refractivity contribution in [2.75, 3.05) is 19.7 Å². The molecule has 0 bridgehead atoms. The van der Waals surface area contributed by atoms with E-state index < -0.39 is 5.41 Å². The number of nitrogens with zero attached hydrogens (tertiary/aromatic N) is 1. The van der Waals surface area contributed by atoms with Gasteiger partial charge in [0.2, 0.25) is 0 Å². The number of hydrogen-bond donors (Lipinski definition) is 1. The number of rotatable bonds is 4. The fourth-order valence-electron chi connectivity index (χ4n) is 4.30. The second-order valence-corrected chi connectivity index (χ2v) is 6.99. The second-order valence-electron chi connectivity index (χ2n) is 6.99. The highest BCUT2D eigenvalue weighted by atomic mass is 16.5. The van der Waals surface area contributed by atoms with Gasteiger partial charge in [0.15, 0.2) is 0 Å². The molecule has 0 amide bonds. The van der Waals surface area contributed by atoms with Crippen LogP contribution in [0, 0.1) is 11.3 Å². The number of aliphatic hydroxyl groups is 1. The third-order valence-corrected chi connectivity index (χ3v) is 5.49. The van der Waals surface area contributed by atoms with Crippen LogP contribution in [0.2, 0.25) is 0 Å². The minimum atomic E-state index is -0.428. The molecule has 1 aliphatic heterocycles. The summed E-state index contributed by atoms with van der Waals surface area (Å²) >= 11 is 0. The first-order chi connectivity index (χ1) is 11.1. The molecule has 0 unspecified atom stereocenters. The topological polar surface area (TPSA) is 49.8 Å². The number of hydrogen-bond acceptors (Lipinski definition) is 4. The first-order valence-electron chi connectivity index (χ1n) is 8.75. The van der Waals surface area contributed by atoms with Crippen molar-refractivity contribution in [2.24, 2.45) is 11.3 Å². The highest BCUT2D eigenvalue weighted by Crippen LogP contribution is 2.47. The summed E-state index contributed by atoms with van der Waals surface area (Å²) in [5.74, 6) is 0.187. The summed E-state index contributed by atoms with van der Waals surface area (Å²) in [6.45, 7) is 4.89. The van der Waals surface area contributed by atoms with Gasteiger partial charge in [-0.2, -0.15) is 0 Å². The molecule has 3 rings (SSSR count). The van der Waals surface area contributed by atoms with Gasteiger partial charge in [0.1, 0.15) is 0 Å². The maximum absolute atomic E-state index is 12.7. The molecule has 1 aromatic carbocycles. The molecule has 3 atom stereocenters. The zero-order chi connectivity index (χ0) is 16.3. The molecule has 2 aliphatic rings. The van der Waals surface area contributed by atoms with Gasteiger partial charge in [-0.3, -0.25) is 9.69 Å². The molecule has 2 fully saturated rings. The molecule has 1 N–H and O–H groups in total. The normalized spacial score (nSPS) is 31.4. The number of fused-ring (bicyclic) bond motifs is 1. The molecule has 1 heterocycles. The lowest BCUT2D eigenvalue weighted by Crippen LogP contribution is -2.56. The molecule has 0 aromatic heterocycles. The van der Waals surface area contributed by atoms with Crippen LogP contribution < -0.4 is 0 Å². The van der Waals surface area contributed by atoms with Gasteiger partial charge < -0.3 is 9.84 Å². The highest BCUT2D eigenvalue weighted by molar-refractivity contribution is 5.78. The van der Waals surface area contributed by atoms with Crippen molar-refractivity contribution in [3.8, 4) is 0 Å². The smallest absolute Gasteiger partial charge is 0.313 e. The van der Waals surface area contributed by atoms with Crippen molar-refractivity contribution in [1.29, 1.82) is 0 Å². The maximum Gasteiger partial charge on any atom is 0.313 e. The Kier molecular flexibility index (Phi) is 5.02. The van der Waals surface area contributed by atoms with E-state index in [1.807, 2.05) is 13.0 Å². The van der Waals surface area contributed by atoms with Gasteiger partial charge >= 0.3 is 5.97 Å². The largest absolute Gasteiger partial charge is 0.466 e. The van der Waals surface area contributed by atoms with E-state index >= 15 is 0 Å². The molecule has 0 spiro atoms. The van der Waals surface area contributed by atoms with Gasteiger partial charge in [-0.25, -0.2) is 0 Å². The van der Waals surface area contributed by atoms with Gasteiger partial charge in [0.25, 0.3) is 0 Å². The molecular weight excluding hydrogens is 290 g/mol. The molecule has 1 aliphatic carbocycles. The Bertz CT molecular complexity index is 533. The molecule has 4 nitrogen and oxygen atoms in total. The van der Waals surface area contributed by atoms with Crippen LogP contribution in [-0.4, -0.2) is 41.8 Å². The van der Waals surface area contributed by atoms with Gasteiger partial charge in [0.05, 0.1) is 18.1 Å². The number of piperidine rings is 1. The quantitative estimate of drug-likeness (QED) is 0.867. The molecule has 0 radical (unpaired) electrons. The molecular formula is C19H27NO3. The Hall–Kier alpha value is -1.39. The van der Waals surface area contributed by atoms with E-state index in [1.54, 1.807) is 0 Å². The number of likely N-dealkylation sites (tertiary alicyclic amines) is 1. The van der Waals surface area contributed by atoms with Crippen LogP contribution in [0.1, 0.15) is 38.2 Å². The van der Waals surface area contributed by atoms with Crippen LogP contribution in [0.25, 0.3) is 0 Å². The Morgan fingerprint density at radius 3 is 2.87 bits per heavy atom. The van der Waals surface area contributed by atoms with Crippen LogP contribution >= 0.6 is 0 Å². The van der Waals surface area contributed by atoms with Crippen molar-refractivity contribution in [3.63, 3.8) is 0 Å². The van der Waals surface area contributed by atoms with Crippen LogP contribution in [0.4, 0.5) is 0 Å². The fraction of sp³-hybridized carbons (Fsp3) is 0.632. The van der Waals surface area contributed by atoms with Gasteiger partial charge in [-0.05, 0) is 50.6 Å². The van der Waals surface area contributed by atoms with E-state index in [9.17, 15) is 9.90 Å². The number of carbonyl (C=O) groups is 1. The average molecular weight is 317 g/mol. The molecule has 1 saturated heterocycles. The highest BCUT2D eigenvalue weighted by Gasteiger charge is 2.52. The summed E-state index contributed by atoms with van der Waals surface area (Å²) < 4.78 is 5.43. The third kappa shape index (κ3) is 3.43. The first kappa shape index (κ1) is 16.5. The Balaban J connectivity index is 1.77. The molecule has 23 heavy (non-hydrogen) atoms. The Morgan fingerprint density at radius 2 is 2.13 bits per heavy atom. The molecule has 1 aromatic rings. The van der Waals surface area contributed by atoms with Crippen molar-refractivity contribution in [3.05, 3.63) is 35.9 Å². The number of ether oxygens (including phenoxy) is 1. The minimum Gasteiger partial charge on any atom is -0.466 e. The average Bonchev–Trinajstić information content (AvgIpc) is 2.56. The minimum absolute atomic E-state index is 0.0605. The van der Waals surface area contributed by atoms with E-state index in [0.717, 1.165) is 38.9 Å². The van der Waals surface area contributed by atoms with E-state index in [-0.39, 0.29) is 18.0 Å². The van der Waals surface area contributed by atoms with E-state index in [4.69, 9.17) is 4.74 Å². The number of benzene rings is 1. The summed E-state index contributed by atoms with van der Waals surface area (Å²) in [6.07, 6.45) is 2.88. The van der Waals surface area contributed by atoms with Crippen LogP contribution in [-0.2, 0) is 16.1 Å².